The predicted molar refractivity (Wildman–Crippen MR) is 159 cm³/mol. The molecule has 1 atom stereocenters. The molecule has 10 heteroatoms. The molecule has 5 aromatic rings. The van der Waals surface area contributed by atoms with Gasteiger partial charge in [0, 0.05) is 11.5 Å². The molecule has 0 saturated carbocycles. The van der Waals surface area contributed by atoms with Crippen LogP contribution in [0.25, 0.3) is 11.1 Å². The standard InChI is InChI=1S/C32H26O8S2/c1-24(25-17-20-30(21-18-25)39-41(33,34)37-28-13-7-3-8-14-28)27-19-22-32(31(23-27)26-11-5-2-6-12-26)40-42(35,36)38-29-15-9-4-10-16-29/h2-24H,1H3. The number of rotatable bonds is 11. The molecule has 0 aromatic heterocycles. The van der Waals surface area contributed by atoms with Crippen LogP contribution in [0.1, 0.15) is 24.0 Å². The van der Waals surface area contributed by atoms with Crippen LogP contribution in [0.5, 0.6) is 23.0 Å². The van der Waals surface area contributed by atoms with Gasteiger partial charge >= 0.3 is 20.8 Å². The maximum absolute atomic E-state index is 12.7. The minimum atomic E-state index is -4.42. The lowest BCUT2D eigenvalue weighted by atomic mass is 9.90. The third-order valence-corrected chi connectivity index (χ3v) is 7.82. The van der Waals surface area contributed by atoms with Crippen LogP contribution in [0.2, 0.25) is 0 Å². The van der Waals surface area contributed by atoms with Crippen LogP contribution in [0.3, 0.4) is 0 Å². The van der Waals surface area contributed by atoms with Crippen molar-refractivity contribution in [2.24, 2.45) is 0 Å². The van der Waals surface area contributed by atoms with Gasteiger partial charge in [-0.05, 0) is 65.2 Å². The van der Waals surface area contributed by atoms with Gasteiger partial charge in [0.25, 0.3) is 0 Å². The highest BCUT2D eigenvalue weighted by Crippen LogP contribution is 2.36. The van der Waals surface area contributed by atoms with Crippen molar-refractivity contribution in [3.8, 4) is 34.1 Å². The Morgan fingerprint density at radius 1 is 0.476 bits per heavy atom. The van der Waals surface area contributed by atoms with E-state index in [0.29, 0.717) is 5.56 Å². The van der Waals surface area contributed by atoms with Crippen molar-refractivity contribution >= 4 is 20.8 Å². The molecular weight excluding hydrogens is 576 g/mol. The number of hydrogen-bond donors (Lipinski definition) is 0. The van der Waals surface area contributed by atoms with E-state index in [1.54, 1.807) is 72.8 Å². The molecule has 0 spiro atoms. The van der Waals surface area contributed by atoms with Gasteiger partial charge in [-0.2, -0.15) is 0 Å². The quantitative estimate of drug-likeness (QED) is 0.161. The Labute approximate surface area is 245 Å². The average Bonchev–Trinajstić information content (AvgIpc) is 2.98. The second-order valence-corrected chi connectivity index (χ2v) is 11.5. The van der Waals surface area contributed by atoms with E-state index in [4.69, 9.17) is 16.7 Å². The summed E-state index contributed by atoms with van der Waals surface area (Å²) in [5.41, 5.74) is 3.06. The monoisotopic (exact) mass is 602 g/mol. The summed E-state index contributed by atoms with van der Waals surface area (Å²) >= 11 is 0. The zero-order valence-electron chi connectivity index (χ0n) is 22.4. The largest absolute Gasteiger partial charge is 0.501 e. The minimum Gasteiger partial charge on any atom is -0.353 e. The van der Waals surface area contributed by atoms with Gasteiger partial charge in [0.2, 0.25) is 0 Å². The van der Waals surface area contributed by atoms with Crippen LogP contribution >= 0.6 is 0 Å². The second-order valence-electron chi connectivity index (χ2n) is 9.19. The van der Waals surface area contributed by atoms with Gasteiger partial charge in [-0.25, -0.2) is 0 Å². The molecule has 8 nitrogen and oxygen atoms in total. The van der Waals surface area contributed by atoms with Gasteiger partial charge < -0.3 is 16.7 Å². The molecule has 0 aliphatic rings. The summed E-state index contributed by atoms with van der Waals surface area (Å²) in [6.45, 7) is 1.98. The summed E-state index contributed by atoms with van der Waals surface area (Å²) in [5, 5.41) is 0. The van der Waals surface area contributed by atoms with E-state index in [9.17, 15) is 16.8 Å². The first-order valence-corrected chi connectivity index (χ1v) is 15.5. The third kappa shape index (κ3) is 7.48. The average molecular weight is 603 g/mol. The molecule has 1 unspecified atom stereocenters. The van der Waals surface area contributed by atoms with Gasteiger partial charge in [0.05, 0.1) is 0 Å². The first kappa shape index (κ1) is 28.7. The van der Waals surface area contributed by atoms with Crippen molar-refractivity contribution in [2.45, 2.75) is 12.8 Å². The van der Waals surface area contributed by atoms with Gasteiger partial charge in [-0.15, -0.1) is 16.8 Å². The first-order chi connectivity index (χ1) is 20.2. The maximum atomic E-state index is 12.7. The second kappa shape index (κ2) is 12.4. The summed E-state index contributed by atoms with van der Waals surface area (Å²) in [6, 6.07) is 37.2. The molecule has 5 rings (SSSR count). The molecule has 0 heterocycles. The fraction of sp³-hybridized carbons (Fsp3) is 0.0625. The third-order valence-electron chi connectivity index (χ3n) is 6.24. The normalized spacial score (nSPS) is 12.2. The van der Waals surface area contributed by atoms with Gasteiger partial charge in [-0.1, -0.05) is 91.9 Å². The summed E-state index contributed by atoms with van der Waals surface area (Å²) in [6.07, 6.45) is 0. The molecule has 0 aliphatic heterocycles. The van der Waals surface area contributed by atoms with Crippen LogP contribution in [-0.4, -0.2) is 16.8 Å². The molecule has 0 N–H and O–H groups in total. The van der Waals surface area contributed by atoms with E-state index >= 15 is 0 Å². The zero-order chi connectivity index (χ0) is 29.6. The number of benzene rings is 5. The van der Waals surface area contributed by atoms with Crippen LogP contribution in [0.4, 0.5) is 0 Å². The lowest BCUT2D eigenvalue weighted by molar-refractivity contribution is 0.391. The summed E-state index contributed by atoms with van der Waals surface area (Å²) in [7, 11) is -8.74. The highest BCUT2D eigenvalue weighted by molar-refractivity contribution is 7.82. The van der Waals surface area contributed by atoms with E-state index in [1.165, 1.54) is 24.3 Å². The van der Waals surface area contributed by atoms with Gasteiger partial charge in [0.15, 0.2) is 5.75 Å². The lowest BCUT2D eigenvalue weighted by Gasteiger charge is -2.17. The smallest absolute Gasteiger partial charge is 0.353 e. The van der Waals surface area contributed by atoms with Crippen LogP contribution in [0.15, 0.2) is 133 Å². The minimum absolute atomic E-state index is 0.0965. The van der Waals surface area contributed by atoms with Gasteiger partial charge in [-0.3, -0.25) is 0 Å². The summed E-state index contributed by atoms with van der Waals surface area (Å²) < 4.78 is 70.6. The molecule has 0 bridgehead atoms. The van der Waals surface area contributed by atoms with Crippen LogP contribution in [-0.2, 0) is 20.8 Å². The molecule has 0 amide bonds. The van der Waals surface area contributed by atoms with E-state index < -0.39 is 20.8 Å². The van der Waals surface area contributed by atoms with Gasteiger partial charge in [0.1, 0.15) is 17.2 Å². The van der Waals surface area contributed by atoms with Crippen molar-refractivity contribution in [1.82, 2.24) is 0 Å². The first-order valence-electron chi connectivity index (χ1n) is 12.8. The lowest BCUT2D eigenvalue weighted by Crippen LogP contribution is -2.17. The fourth-order valence-electron chi connectivity index (χ4n) is 4.19. The van der Waals surface area contributed by atoms with Crippen molar-refractivity contribution in [2.75, 3.05) is 0 Å². The SMILES string of the molecule is CC(c1ccc(OS(=O)(=O)Oc2ccccc2)cc1)c1ccc(OS(=O)(=O)Oc2ccccc2)c(-c2ccccc2)c1. The van der Waals surface area contributed by atoms with E-state index in [-0.39, 0.29) is 28.9 Å². The molecule has 0 radical (unpaired) electrons. The molecule has 214 valence electrons. The molecule has 5 aromatic carbocycles. The number of para-hydroxylation sites is 2. The Morgan fingerprint density at radius 2 is 0.905 bits per heavy atom. The van der Waals surface area contributed by atoms with Crippen molar-refractivity contribution in [3.05, 3.63) is 145 Å². The highest BCUT2D eigenvalue weighted by atomic mass is 32.3. The van der Waals surface area contributed by atoms with Crippen molar-refractivity contribution < 1.29 is 33.6 Å². The Bertz CT molecular complexity index is 1840. The maximum Gasteiger partial charge on any atom is 0.501 e. The molecule has 0 saturated heterocycles. The van der Waals surface area contributed by atoms with Crippen molar-refractivity contribution in [3.63, 3.8) is 0 Å². The zero-order valence-corrected chi connectivity index (χ0v) is 24.0. The fourth-order valence-corrected chi connectivity index (χ4v) is 5.66. The topological polar surface area (TPSA) is 105 Å². The summed E-state index contributed by atoms with van der Waals surface area (Å²) in [5.74, 6) is 0.337. The Kier molecular flexibility index (Phi) is 8.46. The Hall–Kier alpha value is -4.80. The van der Waals surface area contributed by atoms with Crippen molar-refractivity contribution in [1.29, 1.82) is 0 Å². The molecule has 0 fully saturated rings. The van der Waals surface area contributed by atoms with E-state index in [2.05, 4.69) is 0 Å². The molecule has 0 aliphatic carbocycles. The molecule has 42 heavy (non-hydrogen) atoms. The van der Waals surface area contributed by atoms with E-state index in [1.807, 2.05) is 43.3 Å². The van der Waals surface area contributed by atoms with Crippen LogP contribution < -0.4 is 16.7 Å². The Morgan fingerprint density at radius 3 is 1.43 bits per heavy atom. The highest BCUT2D eigenvalue weighted by Gasteiger charge is 2.21. The number of hydrogen-bond acceptors (Lipinski definition) is 8. The Balaban J connectivity index is 1.37. The van der Waals surface area contributed by atoms with Crippen LogP contribution in [0, 0.1) is 0 Å². The predicted octanol–water partition coefficient (Wildman–Crippen LogP) is 6.91. The molecular formula is C32H26O8S2. The summed E-state index contributed by atoms with van der Waals surface area (Å²) in [4.78, 5) is 0. The van der Waals surface area contributed by atoms with E-state index in [0.717, 1.165) is 16.7 Å².